The molecule has 0 fully saturated rings. The number of nitrogens with two attached hydrogens (primary N) is 2. The van der Waals surface area contributed by atoms with Crippen molar-refractivity contribution in [2.45, 2.75) is 13.5 Å². The number of hydrogen-bond acceptors (Lipinski definition) is 4. The number of aryl methyl sites for hydroxylation is 1. The Hall–Kier alpha value is -2.17. The number of benzene rings is 1. The molecule has 0 spiro atoms. The van der Waals surface area contributed by atoms with E-state index in [1.807, 2.05) is 10.8 Å². The standard InChI is InChI=1S/C15H15N5Se/c1-9-3-2-4-10(5-9)6-20-7-11(14(17)21)12-13(16)18-8-19-15(12)20/h2-5,7-8H,6H2,1H3,(H2,17,21)(H2,16,18,19). The minimum absolute atomic E-state index is 0.441. The van der Waals surface area contributed by atoms with Crippen LogP contribution in [0.2, 0.25) is 0 Å². The number of rotatable bonds is 3. The second-order valence-electron chi connectivity index (χ2n) is 4.98. The van der Waals surface area contributed by atoms with Gasteiger partial charge in [-0.05, 0) is 0 Å². The van der Waals surface area contributed by atoms with Crippen molar-refractivity contribution in [3.05, 3.63) is 53.5 Å². The Balaban J connectivity index is 2.15. The molecule has 0 saturated carbocycles. The second kappa shape index (κ2) is 5.31. The van der Waals surface area contributed by atoms with Crippen molar-refractivity contribution in [1.82, 2.24) is 14.5 Å². The van der Waals surface area contributed by atoms with Crippen molar-refractivity contribution in [3.63, 3.8) is 0 Å². The van der Waals surface area contributed by atoms with Crippen LogP contribution in [0.3, 0.4) is 0 Å². The Morgan fingerprint density at radius 1 is 1.33 bits per heavy atom. The summed E-state index contributed by atoms with van der Waals surface area (Å²) >= 11 is 2.83. The van der Waals surface area contributed by atoms with Gasteiger partial charge in [-0.2, -0.15) is 0 Å². The van der Waals surface area contributed by atoms with E-state index in [-0.39, 0.29) is 0 Å². The zero-order valence-corrected chi connectivity index (χ0v) is 13.3. The molecule has 4 N–H and O–H groups in total. The number of nitrogen functional groups attached to an aromatic ring is 1. The van der Waals surface area contributed by atoms with Crippen LogP contribution < -0.4 is 11.5 Å². The SMILES string of the molecule is Cc1cccc(Cn2cc(C(N)=[Se])c3c(N)ncnc32)c1. The third-order valence-electron chi connectivity index (χ3n) is 3.38. The van der Waals surface area contributed by atoms with E-state index in [0.717, 1.165) is 16.6 Å². The molecule has 2 aromatic heterocycles. The Kier molecular flexibility index (Phi) is 3.49. The number of nitrogens with zero attached hydrogens (tertiary/aromatic N) is 3. The van der Waals surface area contributed by atoms with E-state index in [1.54, 1.807) is 0 Å². The van der Waals surface area contributed by atoms with Gasteiger partial charge in [0.25, 0.3) is 0 Å². The summed E-state index contributed by atoms with van der Waals surface area (Å²) in [6, 6.07) is 8.37. The third kappa shape index (κ3) is 2.55. The van der Waals surface area contributed by atoms with Gasteiger partial charge in [-0.15, -0.1) is 0 Å². The zero-order chi connectivity index (χ0) is 15.0. The molecule has 21 heavy (non-hydrogen) atoms. The van der Waals surface area contributed by atoms with E-state index in [1.165, 1.54) is 17.5 Å². The Bertz CT molecular complexity index is 837. The Labute approximate surface area is 130 Å². The van der Waals surface area contributed by atoms with Gasteiger partial charge in [-0.3, -0.25) is 0 Å². The molecule has 0 aliphatic carbocycles. The van der Waals surface area contributed by atoms with Gasteiger partial charge in [0, 0.05) is 0 Å². The molecule has 5 nitrogen and oxygen atoms in total. The van der Waals surface area contributed by atoms with E-state index in [0.29, 0.717) is 16.9 Å². The van der Waals surface area contributed by atoms with Gasteiger partial charge in [0.2, 0.25) is 0 Å². The second-order valence-corrected chi connectivity index (χ2v) is 5.90. The maximum atomic E-state index is 5.98. The van der Waals surface area contributed by atoms with Gasteiger partial charge >= 0.3 is 130 Å². The molecular formula is C15H15N5Se. The first-order valence-corrected chi connectivity index (χ1v) is 7.36. The van der Waals surface area contributed by atoms with E-state index >= 15 is 0 Å². The van der Waals surface area contributed by atoms with Gasteiger partial charge in [-0.25, -0.2) is 0 Å². The maximum absolute atomic E-state index is 5.98. The van der Waals surface area contributed by atoms with Crippen LogP contribution >= 0.6 is 0 Å². The normalized spacial score (nSPS) is 10.9. The number of aromatic nitrogens is 3. The molecule has 0 bridgehead atoms. The van der Waals surface area contributed by atoms with E-state index < -0.39 is 0 Å². The average molecular weight is 344 g/mol. The number of fused-ring (bicyclic) bond motifs is 1. The van der Waals surface area contributed by atoms with Gasteiger partial charge in [0.05, 0.1) is 0 Å². The topological polar surface area (TPSA) is 82.8 Å². The third-order valence-corrected chi connectivity index (χ3v) is 3.85. The first-order chi connectivity index (χ1) is 10.1. The first kappa shape index (κ1) is 13.8. The fourth-order valence-electron chi connectivity index (χ4n) is 2.46. The average Bonchev–Trinajstić information content (AvgIpc) is 2.79. The van der Waals surface area contributed by atoms with Crippen LogP contribution in [0.5, 0.6) is 0 Å². The summed E-state index contributed by atoms with van der Waals surface area (Å²) < 4.78 is 2.63. The molecule has 1 aromatic carbocycles. The molecule has 0 radical (unpaired) electrons. The van der Waals surface area contributed by atoms with Gasteiger partial charge in [-0.1, -0.05) is 0 Å². The number of hydrogen-bond donors (Lipinski definition) is 2. The molecule has 6 heteroatoms. The molecule has 0 aliphatic rings. The summed E-state index contributed by atoms with van der Waals surface area (Å²) in [4.78, 5) is 8.41. The van der Waals surface area contributed by atoms with Crippen LogP contribution in [-0.2, 0) is 6.54 Å². The summed E-state index contributed by atoms with van der Waals surface area (Å²) in [5, 5.41) is 0.793. The molecule has 0 amide bonds. The minimum atomic E-state index is 0.441. The summed E-state index contributed by atoms with van der Waals surface area (Å²) in [5.41, 5.74) is 16.0. The fraction of sp³-hybridized carbons (Fsp3) is 0.133. The zero-order valence-electron chi connectivity index (χ0n) is 11.6. The molecular weight excluding hydrogens is 329 g/mol. The quantitative estimate of drug-likeness (QED) is 0.694. The molecule has 0 unspecified atom stereocenters. The van der Waals surface area contributed by atoms with E-state index in [2.05, 4.69) is 56.7 Å². The molecule has 106 valence electrons. The first-order valence-electron chi connectivity index (χ1n) is 6.51. The molecule has 3 aromatic rings. The number of anilines is 1. The molecule has 0 saturated heterocycles. The summed E-state index contributed by atoms with van der Waals surface area (Å²) in [5.74, 6) is 0.441. The van der Waals surface area contributed by atoms with Crippen molar-refractivity contribution < 1.29 is 0 Å². The molecule has 0 atom stereocenters. The van der Waals surface area contributed by atoms with Crippen molar-refractivity contribution in [2.24, 2.45) is 5.73 Å². The van der Waals surface area contributed by atoms with Crippen LogP contribution in [0.25, 0.3) is 11.0 Å². The predicted octanol–water partition coefficient (Wildman–Crippen LogP) is 0.975. The van der Waals surface area contributed by atoms with E-state index in [9.17, 15) is 0 Å². The van der Waals surface area contributed by atoms with Crippen LogP contribution in [0, 0.1) is 6.92 Å². The summed E-state index contributed by atoms with van der Waals surface area (Å²) in [6.07, 6.45) is 3.44. The van der Waals surface area contributed by atoms with Crippen LogP contribution in [-0.4, -0.2) is 34.7 Å². The van der Waals surface area contributed by atoms with Crippen molar-refractivity contribution in [2.75, 3.05) is 5.73 Å². The van der Waals surface area contributed by atoms with Gasteiger partial charge in [0.15, 0.2) is 0 Å². The van der Waals surface area contributed by atoms with E-state index in [4.69, 9.17) is 11.5 Å². The van der Waals surface area contributed by atoms with Gasteiger partial charge < -0.3 is 0 Å². The van der Waals surface area contributed by atoms with Crippen LogP contribution in [0.15, 0.2) is 36.8 Å². The molecule has 3 rings (SSSR count). The molecule has 2 heterocycles. The van der Waals surface area contributed by atoms with Gasteiger partial charge in [0.1, 0.15) is 0 Å². The Morgan fingerprint density at radius 3 is 2.86 bits per heavy atom. The van der Waals surface area contributed by atoms with Crippen LogP contribution in [0.4, 0.5) is 5.82 Å². The fourth-order valence-corrected chi connectivity index (χ4v) is 2.79. The van der Waals surface area contributed by atoms with Crippen molar-refractivity contribution in [3.8, 4) is 0 Å². The predicted molar refractivity (Wildman–Crippen MR) is 86.3 cm³/mol. The molecule has 0 aliphatic heterocycles. The van der Waals surface area contributed by atoms with Crippen LogP contribution in [0.1, 0.15) is 16.7 Å². The Morgan fingerprint density at radius 2 is 2.14 bits per heavy atom. The summed E-state index contributed by atoms with van der Waals surface area (Å²) in [7, 11) is 0. The van der Waals surface area contributed by atoms with Crippen molar-refractivity contribution >= 4 is 37.0 Å². The van der Waals surface area contributed by atoms with Crippen molar-refractivity contribution in [1.29, 1.82) is 0 Å². The summed E-state index contributed by atoms with van der Waals surface area (Å²) in [6.45, 7) is 2.79. The monoisotopic (exact) mass is 345 g/mol.